The summed E-state index contributed by atoms with van der Waals surface area (Å²) < 4.78 is 10.2. The van der Waals surface area contributed by atoms with E-state index in [1.807, 2.05) is 6.92 Å². The molecule has 0 radical (unpaired) electrons. The summed E-state index contributed by atoms with van der Waals surface area (Å²) in [6.07, 6.45) is -0.0166. The number of ketones is 1. The van der Waals surface area contributed by atoms with E-state index in [9.17, 15) is 24.5 Å². The van der Waals surface area contributed by atoms with Crippen LogP contribution in [-0.2, 0) is 9.53 Å². The van der Waals surface area contributed by atoms with Crippen LogP contribution in [0.2, 0.25) is 0 Å². The number of carbonyl (C=O) groups is 3. The lowest BCUT2D eigenvalue weighted by atomic mass is 10.1. The third-order valence-electron chi connectivity index (χ3n) is 4.20. The van der Waals surface area contributed by atoms with Crippen molar-refractivity contribution in [1.29, 1.82) is 0 Å². The van der Waals surface area contributed by atoms with E-state index in [1.54, 1.807) is 12.1 Å². The Kier molecular flexibility index (Phi) is 7.62. The molecule has 1 N–H and O–H groups in total. The minimum atomic E-state index is -1.14. The second kappa shape index (κ2) is 10.1. The number of esters is 1. The van der Waals surface area contributed by atoms with E-state index >= 15 is 0 Å². The van der Waals surface area contributed by atoms with Crippen molar-refractivity contribution in [3.63, 3.8) is 0 Å². The first kappa shape index (κ1) is 22.5. The number of rotatable bonds is 9. The van der Waals surface area contributed by atoms with Crippen molar-refractivity contribution in [2.45, 2.75) is 32.8 Å². The van der Waals surface area contributed by atoms with Gasteiger partial charge in [0, 0.05) is 29.8 Å². The molecule has 2 aromatic carbocycles. The number of hydrogen-bond donors (Lipinski definition) is 1. The van der Waals surface area contributed by atoms with Crippen LogP contribution >= 0.6 is 0 Å². The van der Waals surface area contributed by atoms with Gasteiger partial charge in [-0.05, 0) is 43.7 Å². The fourth-order valence-corrected chi connectivity index (χ4v) is 2.65. The topological polar surface area (TPSA) is 125 Å². The van der Waals surface area contributed by atoms with Gasteiger partial charge in [-0.3, -0.25) is 19.7 Å². The van der Waals surface area contributed by atoms with Gasteiger partial charge in [-0.2, -0.15) is 0 Å². The van der Waals surface area contributed by atoms with E-state index in [0.717, 1.165) is 12.5 Å². The van der Waals surface area contributed by atoms with E-state index in [1.165, 1.54) is 38.3 Å². The maximum absolute atomic E-state index is 12.6. The van der Waals surface area contributed by atoms with Crippen molar-refractivity contribution in [3.05, 3.63) is 63.7 Å². The summed E-state index contributed by atoms with van der Waals surface area (Å²) in [4.78, 5) is 47.0. The second-order valence-corrected chi connectivity index (χ2v) is 6.43. The van der Waals surface area contributed by atoms with Gasteiger partial charge < -0.3 is 14.8 Å². The number of carbonyl (C=O) groups excluding carboxylic acids is 3. The smallest absolute Gasteiger partial charge is 0.342 e. The van der Waals surface area contributed by atoms with E-state index in [-0.39, 0.29) is 28.5 Å². The maximum Gasteiger partial charge on any atom is 0.342 e. The van der Waals surface area contributed by atoms with Gasteiger partial charge in [-0.15, -0.1) is 0 Å². The average molecular weight is 414 g/mol. The lowest BCUT2D eigenvalue weighted by Gasteiger charge is -2.14. The molecule has 2 rings (SSSR count). The Bertz CT molecular complexity index is 954. The van der Waals surface area contributed by atoms with Crippen molar-refractivity contribution in [1.82, 2.24) is 0 Å². The van der Waals surface area contributed by atoms with E-state index in [0.29, 0.717) is 12.1 Å². The number of nitro benzene ring substituents is 1. The van der Waals surface area contributed by atoms with Crippen LogP contribution in [0.15, 0.2) is 42.5 Å². The molecule has 1 amide bonds. The molecule has 2 aromatic rings. The van der Waals surface area contributed by atoms with Crippen molar-refractivity contribution in [2.75, 3.05) is 12.4 Å². The number of nitro groups is 1. The number of anilines is 1. The Morgan fingerprint density at radius 3 is 2.37 bits per heavy atom. The van der Waals surface area contributed by atoms with Crippen LogP contribution in [0, 0.1) is 10.1 Å². The summed E-state index contributed by atoms with van der Waals surface area (Å²) in [7, 11) is 1.31. The molecule has 0 aliphatic rings. The summed E-state index contributed by atoms with van der Waals surface area (Å²) >= 11 is 0. The SMILES string of the molecule is CCCC(=O)Nc1ccc(C(=O)[C@H](C)OC(=O)c2cc([N+](=O)[O-])ccc2OC)cc1. The monoisotopic (exact) mass is 414 g/mol. The first-order valence-electron chi connectivity index (χ1n) is 9.24. The van der Waals surface area contributed by atoms with Gasteiger partial charge in [-0.1, -0.05) is 6.92 Å². The molecule has 0 aliphatic heterocycles. The van der Waals surface area contributed by atoms with E-state index < -0.39 is 22.8 Å². The molecular weight excluding hydrogens is 392 g/mol. The predicted octanol–water partition coefficient (Wildman–Crippen LogP) is 3.77. The minimum absolute atomic E-state index is 0.0948. The molecule has 1 atom stereocenters. The summed E-state index contributed by atoms with van der Waals surface area (Å²) in [6.45, 7) is 3.30. The lowest BCUT2D eigenvalue weighted by Crippen LogP contribution is -2.24. The number of amides is 1. The number of nitrogens with one attached hydrogen (secondary N) is 1. The number of non-ortho nitro benzene ring substituents is 1. The molecule has 0 heterocycles. The van der Waals surface area contributed by atoms with Crippen LogP contribution in [0.3, 0.4) is 0 Å². The molecule has 9 heteroatoms. The summed E-state index contributed by atoms with van der Waals surface area (Å²) in [5.41, 5.74) is 0.383. The van der Waals surface area contributed by atoms with Crippen molar-refractivity contribution >= 4 is 29.0 Å². The van der Waals surface area contributed by atoms with Crippen molar-refractivity contribution in [2.24, 2.45) is 0 Å². The zero-order chi connectivity index (χ0) is 22.3. The fourth-order valence-electron chi connectivity index (χ4n) is 2.65. The molecule has 30 heavy (non-hydrogen) atoms. The molecule has 0 saturated heterocycles. The molecule has 0 unspecified atom stereocenters. The maximum atomic E-state index is 12.6. The zero-order valence-electron chi connectivity index (χ0n) is 16.8. The zero-order valence-corrected chi connectivity index (χ0v) is 16.8. The predicted molar refractivity (Wildman–Crippen MR) is 109 cm³/mol. The third-order valence-corrected chi connectivity index (χ3v) is 4.20. The van der Waals surface area contributed by atoms with Gasteiger partial charge in [0.25, 0.3) is 5.69 Å². The van der Waals surface area contributed by atoms with Gasteiger partial charge in [0.2, 0.25) is 11.7 Å². The summed E-state index contributed by atoms with van der Waals surface area (Å²) in [5.74, 6) is -1.40. The number of benzene rings is 2. The largest absolute Gasteiger partial charge is 0.496 e. The molecule has 0 fully saturated rings. The second-order valence-electron chi connectivity index (χ2n) is 6.43. The highest BCUT2D eigenvalue weighted by atomic mass is 16.6. The fraction of sp³-hybridized carbons (Fsp3) is 0.286. The normalized spacial score (nSPS) is 11.3. The number of methoxy groups -OCH3 is 1. The molecular formula is C21H22N2O7. The average Bonchev–Trinajstić information content (AvgIpc) is 2.73. The van der Waals surface area contributed by atoms with E-state index in [4.69, 9.17) is 9.47 Å². The molecule has 158 valence electrons. The molecule has 0 spiro atoms. The molecule has 0 saturated carbocycles. The Labute approximate surface area is 173 Å². The highest BCUT2D eigenvalue weighted by molar-refractivity contribution is 6.02. The quantitative estimate of drug-likeness (QED) is 0.286. The Balaban J connectivity index is 2.10. The van der Waals surface area contributed by atoms with Crippen LogP contribution in [0.25, 0.3) is 0 Å². The Morgan fingerprint density at radius 2 is 1.80 bits per heavy atom. The van der Waals surface area contributed by atoms with Crippen LogP contribution in [0.1, 0.15) is 47.4 Å². The molecule has 0 aliphatic carbocycles. The van der Waals surface area contributed by atoms with Crippen LogP contribution < -0.4 is 10.1 Å². The number of nitrogens with zero attached hydrogens (tertiary/aromatic N) is 1. The van der Waals surface area contributed by atoms with Gasteiger partial charge in [0.1, 0.15) is 11.3 Å². The number of ether oxygens (including phenoxy) is 2. The lowest BCUT2D eigenvalue weighted by molar-refractivity contribution is -0.384. The molecule has 0 bridgehead atoms. The van der Waals surface area contributed by atoms with Crippen molar-refractivity contribution in [3.8, 4) is 5.75 Å². The number of hydrogen-bond acceptors (Lipinski definition) is 7. The summed E-state index contributed by atoms with van der Waals surface area (Å²) in [5, 5.41) is 13.7. The molecule has 0 aromatic heterocycles. The first-order valence-corrected chi connectivity index (χ1v) is 9.24. The van der Waals surface area contributed by atoms with Gasteiger partial charge >= 0.3 is 5.97 Å². The van der Waals surface area contributed by atoms with Gasteiger partial charge in [-0.25, -0.2) is 4.79 Å². The highest BCUT2D eigenvalue weighted by Crippen LogP contribution is 2.25. The first-order chi connectivity index (χ1) is 14.3. The standard InChI is InChI=1S/C21H22N2O7/c1-4-5-19(24)22-15-8-6-14(7-9-15)20(25)13(2)30-21(26)17-12-16(23(27)28)10-11-18(17)29-3/h6-13H,4-5H2,1-3H3,(H,22,24)/t13-/m0/s1. The third kappa shape index (κ3) is 5.63. The van der Waals surface area contributed by atoms with E-state index in [2.05, 4.69) is 5.32 Å². The number of Topliss-reactive ketones (excluding diaryl/α,β-unsaturated/α-hetero) is 1. The Hall–Kier alpha value is -3.75. The Morgan fingerprint density at radius 1 is 1.13 bits per heavy atom. The highest BCUT2D eigenvalue weighted by Gasteiger charge is 2.24. The minimum Gasteiger partial charge on any atom is -0.496 e. The molecule has 9 nitrogen and oxygen atoms in total. The van der Waals surface area contributed by atoms with Gasteiger partial charge in [0.05, 0.1) is 12.0 Å². The van der Waals surface area contributed by atoms with Crippen LogP contribution in [0.5, 0.6) is 5.75 Å². The van der Waals surface area contributed by atoms with Crippen LogP contribution in [0.4, 0.5) is 11.4 Å². The van der Waals surface area contributed by atoms with Crippen LogP contribution in [-0.4, -0.2) is 35.8 Å². The summed E-state index contributed by atoms with van der Waals surface area (Å²) in [6, 6.07) is 9.71. The van der Waals surface area contributed by atoms with Crippen molar-refractivity contribution < 1.29 is 28.8 Å². The van der Waals surface area contributed by atoms with Gasteiger partial charge in [0.15, 0.2) is 6.10 Å².